The van der Waals surface area contributed by atoms with Crippen LogP contribution in [0.4, 0.5) is 22.0 Å². The van der Waals surface area contributed by atoms with Crippen molar-refractivity contribution in [2.45, 2.75) is 24.4 Å². The molecule has 0 saturated heterocycles. The van der Waals surface area contributed by atoms with Gasteiger partial charge in [0.15, 0.2) is 0 Å². The zero-order valence-corrected chi connectivity index (χ0v) is 13.0. The van der Waals surface area contributed by atoms with Crippen LogP contribution in [-0.4, -0.2) is 12.5 Å². The summed E-state index contributed by atoms with van der Waals surface area (Å²) < 4.78 is 64.5. The van der Waals surface area contributed by atoms with Gasteiger partial charge >= 0.3 is 6.18 Å². The fourth-order valence-corrected chi connectivity index (χ4v) is 2.76. The Morgan fingerprint density at radius 3 is 2.24 bits per heavy atom. The molecule has 2 aromatic carbocycles. The van der Waals surface area contributed by atoms with E-state index in [1.54, 1.807) is 12.1 Å². The van der Waals surface area contributed by atoms with Gasteiger partial charge in [-0.3, -0.25) is 4.79 Å². The average Bonchev–Trinajstić information content (AvgIpc) is 3.34. The highest BCUT2D eigenvalue weighted by molar-refractivity contribution is 5.94. The zero-order valence-electron chi connectivity index (χ0n) is 13.0. The van der Waals surface area contributed by atoms with Crippen LogP contribution >= 0.6 is 0 Å². The number of hydrogen-bond acceptors (Lipinski definition) is 1. The molecule has 1 saturated carbocycles. The molecule has 3 rings (SSSR count). The van der Waals surface area contributed by atoms with Gasteiger partial charge in [-0.25, -0.2) is 8.78 Å². The van der Waals surface area contributed by atoms with Gasteiger partial charge in [0, 0.05) is 17.5 Å². The third kappa shape index (κ3) is 3.65. The molecule has 1 fully saturated rings. The maximum atomic E-state index is 13.3. The zero-order chi connectivity index (χ0) is 18.2. The second kappa shape index (κ2) is 6.13. The van der Waals surface area contributed by atoms with Crippen molar-refractivity contribution in [3.05, 3.63) is 70.8 Å². The second-order valence-corrected chi connectivity index (χ2v) is 6.16. The van der Waals surface area contributed by atoms with Crippen molar-refractivity contribution in [2.75, 3.05) is 6.54 Å². The molecule has 2 nitrogen and oxygen atoms in total. The lowest BCUT2D eigenvalue weighted by atomic mass is 9.96. The summed E-state index contributed by atoms with van der Waals surface area (Å²) in [6, 6.07) is 8.06. The van der Waals surface area contributed by atoms with Gasteiger partial charge in [-0.05, 0) is 48.7 Å². The molecule has 1 aliphatic rings. The van der Waals surface area contributed by atoms with Gasteiger partial charge in [0.05, 0.1) is 5.56 Å². The first-order valence-electron chi connectivity index (χ1n) is 7.62. The summed E-state index contributed by atoms with van der Waals surface area (Å²) in [7, 11) is 0. The summed E-state index contributed by atoms with van der Waals surface area (Å²) in [6.45, 7) is 0.218. The Morgan fingerprint density at radius 2 is 1.68 bits per heavy atom. The summed E-state index contributed by atoms with van der Waals surface area (Å²) in [6.07, 6.45) is -3.29. The van der Waals surface area contributed by atoms with Crippen molar-refractivity contribution in [1.82, 2.24) is 5.32 Å². The predicted octanol–water partition coefficient (Wildman–Crippen LogP) is 4.45. The molecule has 2 aromatic rings. The van der Waals surface area contributed by atoms with E-state index in [4.69, 9.17) is 0 Å². The molecule has 0 bridgehead atoms. The third-order valence-electron chi connectivity index (χ3n) is 4.43. The van der Waals surface area contributed by atoms with Gasteiger partial charge in [-0.2, -0.15) is 13.2 Å². The highest BCUT2D eigenvalue weighted by atomic mass is 19.4. The highest BCUT2D eigenvalue weighted by Gasteiger charge is 2.44. The summed E-state index contributed by atoms with van der Waals surface area (Å²) in [5.74, 6) is -2.50. The topological polar surface area (TPSA) is 29.1 Å². The van der Waals surface area contributed by atoms with E-state index in [0.29, 0.717) is 12.1 Å². The predicted molar refractivity (Wildman–Crippen MR) is 81.0 cm³/mol. The van der Waals surface area contributed by atoms with Crippen LogP contribution in [0.3, 0.4) is 0 Å². The first-order chi connectivity index (χ1) is 11.7. The Morgan fingerprint density at radius 1 is 1.04 bits per heavy atom. The molecular formula is C18H14F5NO. The molecule has 0 spiro atoms. The highest BCUT2D eigenvalue weighted by Crippen LogP contribution is 2.47. The van der Waals surface area contributed by atoms with Crippen LogP contribution < -0.4 is 5.32 Å². The summed E-state index contributed by atoms with van der Waals surface area (Å²) in [4.78, 5) is 12.1. The van der Waals surface area contributed by atoms with E-state index in [1.165, 1.54) is 12.1 Å². The van der Waals surface area contributed by atoms with Gasteiger partial charge < -0.3 is 5.32 Å². The van der Waals surface area contributed by atoms with Crippen LogP contribution in [-0.2, 0) is 11.6 Å². The normalized spacial score (nSPS) is 15.7. The average molecular weight is 355 g/mol. The first-order valence-corrected chi connectivity index (χ1v) is 7.62. The quantitative estimate of drug-likeness (QED) is 0.807. The molecule has 1 aliphatic carbocycles. The molecule has 1 amide bonds. The molecule has 0 heterocycles. The molecule has 0 radical (unpaired) electrons. The van der Waals surface area contributed by atoms with Crippen LogP contribution in [0, 0.1) is 11.6 Å². The van der Waals surface area contributed by atoms with Crippen LogP contribution in [0.2, 0.25) is 0 Å². The van der Waals surface area contributed by atoms with Crippen molar-refractivity contribution in [1.29, 1.82) is 0 Å². The minimum Gasteiger partial charge on any atom is -0.351 e. The van der Waals surface area contributed by atoms with Crippen molar-refractivity contribution in [3.63, 3.8) is 0 Å². The Hall–Kier alpha value is -2.44. The number of amides is 1. The van der Waals surface area contributed by atoms with Crippen LogP contribution in [0.5, 0.6) is 0 Å². The number of carbonyl (C=O) groups excluding carboxylic acids is 1. The summed E-state index contributed by atoms with van der Waals surface area (Å²) >= 11 is 0. The van der Waals surface area contributed by atoms with Crippen LogP contribution in [0.1, 0.15) is 34.3 Å². The number of hydrogen-bond donors (Lipinski definition) is 1. The minimum atomic E-state index is -4.87. The first kappa shape index (κ1) is 17.4. The SMILES string of the molecule is O=C(NCC1(c2ccc(F)cc2)CC1)c1ccc(F)c(C(F)(F)F)c1. The van der Waals surface area contributed by atoms with Crippen molar-refractivity contribution >= 4 is 5.91 Å². The van der Waals surface area contributed by atoms with Gasteiger partial charge in [-0.1, -0.05) is 12.1 Å². The number of rotatable bonds is 4. The van der Waals surface area contributed by atoms with E-state index in [9.17, 15) is 26.7 Å². The smallest absolute Gasteiger partial charge is 0.351 e. The number of carbonyl (C=O) groups is 1. The van der Waals surface area contributed by atoms with Gasteiger partial charge in [-0.15, -0.1) is 0 Å². The molecule has 7 heteroatoms. The number of alkyl halides is 3. The Bertz CT molecular complexity index is 794. The van der Waals surface area contributed by atoms with Crippen molar-refractivity contribution in [3.8, 4) is 0 Å². The minimum absolute atomic E-state index is 0.218. The van der Waals surface area contributed by atoms with E-state index >= 15 is 0 Å². The third-order valence-corrected chi connectivity index (χ3v) is 4.43. The van der Waals surface area contributed by atoms with Crippen molar-refractivity contribution in [2.24, 2.45) is 0 Å². The summed E-state index contributed by atoms with van der Waals surface area (Å²) in [5.41, 5.74) is -1.19. The van der Waals surface area contributed by atoms with Gasteiger partial charge in [0.25, 0.3) is 5.91 Å². The van der Waals surface area contributed by atoms with E-state index in [-0.39, 0.29) is 23.3 Å². The van der Waals surface area contributed by atoms with E-state index in [1.807, 2.05) is 0 Å². The molecule has 25 heavy (non-hydrogen) atoms. The maximum Gasteiger partial charge on any atom is 0.419 e. The second-order valence-electron chi connectivity index (χ2n) is 6.16. The van der Waals surface area contributed by atoms with E-state index in [0.717, 1.165) is 24.5 Å². The maximum absolute atomic E-state index is 13.3. The molecule has 132 valence electrons. The lowest BCUT2D eigenvalue weighted by molar-refractivity contribution is -0.140. The number of nitrogens with one attached hydrogen (secondary N) is 1. The largest absolute Gasteiger partial charge is 0.419 e. The Balaban J connectivity index is 1.72. The Kier molecular flexibility index (Phi) is 4.26. The summed E-state index contributed by atoms with van der Waals surface area (Å²) in [5, 5.41) is 2.59. The molecule has 1 N–H and O–H groups in total. The molecule has 0 aliphatic heterocycles. The lowest BCUT2D eigenvalue weighted by Gasteiger charge is -2.17. The molecular weight excluding hydrogens is 341 g/mol. The number of benzene rings is 2. The lowest BCUT2D eigenvalue weighted by Crippen LogP contribution is -2.32. The van der Waals surface area contributed by atoms with Crippen molar-refractivity contribution < 1.29 is 26.7 Å². The van der Waals surface area contributed by atoms with Crippen LogP contribution in [0.15, 0.2) is 42.5 Å². The van der Waals surface area contributed by atoms with Crippen LogP contribution in [0.25, 0.3) is 0 Å². The number of halogens is 5. The standard InChI is InChI=1S/C18H14F5NO/c19-13-4-2-12(3-5-13)17(7-8-17)10-24-16(25)11-1-6-15(20)14(9-11)18(21,22)23/h1-6,9H,7-8,10H2,(H,24,25). The Labute approximate surface area is 140 Å². The van der Waals surface area contributed by atoms with Gasteiger partial charge in [0.2, 0.25) is 0 Å². The molecule has 0 unspecified atom stereocenters. The van der Waals surface area contributed by atoms with E-state index < -0.39 is 23.5 Å². The molecule has 0 aromatic heterocycles. The fraction of sp³-hybridized carbons (Fsp3) is 0.278. The van der Waals surface area contributed by atoms with Gasteiger partial charge in [0.1, 0.15) is 11.6 Å². The monoisotopic (exact) mass is 355 g/mol. The fourth-order valence-electron chi connectivity index (χ4n) is 2.76. The van der Waals surface area contributed by atoms with E-state index in [2.05, 4.69) is 5.32 Å². The molecule has 0 atom stereocenters.